The molecule has 0 spiro atoms. The quantitative estimate of drug-likeness (QED) is 0.749. The van der Waals surface area contributed by atoms with E-state index in [9.17, 15) is 9.59 Å². The van der Waals surface area contributed by atoms with Crippen molar-refractivity contribution < 1.29 is 4.79 Å². The lowest BCUT2D eigenvalue weighted by Gasteiger charge is -2.02. The van der Waals surface area contributed by atoms with Gasteiger partial charge in [-0.3, -0.25) is 20.0 Å². The van der Waals surface area contributed by atoms with Gasteiger partial charge in [-0.15, -0.1) is 0 Å². The van der Waals surface area contributed by atoms with Crippen LogP contribution in [0.15, 0.2) is 35.1 Å². The van der Waals surface area contributed by atoms with Crippen LogP contribution in [0.4, 0.5) is 5.95 Å². The summed E-state index contributed by atoms with van der Waals surface area (Å²) < 4.78 is 1.22. The van der Waals surface area contributed by atoms with Crippen molar-refractivity contribution >= 4 is 29.2 Å². The Hall–Kier alpha value is -2.67. The number of benzene rings is 1. The molecule has 0 aliphatic heterocycles. The molecule has 0 saturated heterocycles. The predicted octanol–water partition coefficient (Wildman–Crippen LogP) is 2.38. The number of aryl methyl sites for hydroxylation is 1. The van der Waals surface area contributed by atoms with Crippen LogP contribution in [0.25, 0.3) is 5.78 Å². The molecule has 1 fully saturated rings. The molecule has 25 heavy (non-hydrogen) atoms. The van der Waals surface area contributed by atoms with Crippen LogP contribution in [0.5, 0.6) is 0 Å². The molecular formula is C17H16ClN5O2. The first-order valence-corrected chi connectivity index (χ1v) is 8.48. The van der Waals surface area contributed by atoms with Crippen molar-refractivity contribution in [2.24, 2.45) is 5.92 Å². The number of fused-ring (bicyclic) bond motifs is 1. The third-order valence-corrected chi connectivity index (χ3v) is 4.63. The molecule has 2 heterocycles. The number of rotatable bonds is 4. The van der Waals surface area contributed by atoms with Crippen LogP contribution >= 0.6 is 11.6 Å². The summed E-state index contributed by atoms with van der Waals surface area (Å²) in [5, 5.41) is 6.17. The molecule has 0 radical (unpaired) electrons. The lowest BCUT2D eigenvalue weighted by molar-refractivity contribution is -0.117. The molecule has 128 valence electrons. The van der Waals surface area contributed by atoms with Crippen LogP contribution in [0, 0.1) is 5.92 Å². The average Bonchev–Trinajstić information content (AvgIpc) is 3.29. The summed E-state index contributed by atoms with van der Waals surface area (Å²) in [6.45, 7) is 1.91. The molecule has 2 N–H and O–H groups in total. The first-order valence-electron chi connectivity index (χ1n) is 8.10. The van der Waals surface area contributed by atoms with Gasteiger partial charge in [0.2, 0.25) is 11.9 Å². The van der Waals surface area contributed by atoms with E-state index in [2.05, 4.69) is 20.4 Å². The first kappa shape index (κ1) is 15.8. The number of H-pyrrole nitrogens is 1. The molecule has 1 aromatic carbocycles. The second-order valence-electron chi connectivity index (χ2n) is 6.14. The van der Waals surface area contributed by atoms with Crippen molar-refractivity contribution in [2.45, 2.75) is 25.7 Å². The summed E-state index contributed by atoms with van der Waals surface area (Å²) >= 11 is 6.00. The van der Waals surface area contributed by atoms with E-state index in [0.717, 1.165) is 12.0 Å². The minimum Gasteiger partial charge on any atom is -0.295 e. The lowest BCUT2D eigenvalue weighted by Crippen LogP contribution is -2.17. The summed E-state index contributed by atoms with van der Waals surface area (Å²) in [6.07, 6.45) is 1.41. The minimum atomic E-state index is -0.252. The van der Waals surface area contributed by atoms with Crippen LogP contribution in [-0.2, 0) is 11.2 Å². The van der Waals surface area contributed by atoms with E-state index < -0.39 is 0 Å². The Labute approximate surface area is 148 Å². The number of anilines is 1. The lowest BCUT2D eigenvalue weighted by atomic mass is 10.1. The Morgan fingerprint density at radius 2 is 2.24 bits per heavy atom. The van der Waals surface area contributed by atoms with Gasteiger partial charge in [-0.2, -0.15) is 9.50 Å². The smallest absolute Gasteiger partial charge is 0.274 e. The zero-order valence-corrected chi connectivity index (χ0v) is 14.2. The number of nitrogens with zero attached hydrogens (tertiary/aromatic N) is 3. The number of carbonyl (C=O) groups is 1. The summed E-state index contributed by atoms with van der Waals surface area (Å²) in [5.41, 5.74) is 1.47. The number of nitrogens with one attached hydrogen (secondary N) is 2. The molecule has 1 aliphatic rings. The summed E-state index contributed by atoms with van der Waals surface area (Å²) in [6, 6.07) is 9.00. The molecule has 1 amide bonds. The second kappa shape index (κ2) is 6.00. The Bertz CT molecular complexity index is 1030. The minimum absolute atomic E-state index is 0.123. The molecule has 7 nitrogen and oxygen atoms in total. The van der Waals surface area contributed by atoms with E-state index in [0.29, 0.717) is 17.1 Å². The van der Waals surface area contributed by atoms with Gasteiger partial charge in [0.1, 0.15) is 0 Å². The zero-order valence-electron chi connectivity index (χ0n) is 13.5. The highest BCUT2D eigenvalue weighted by Crippen LogP contribution is 2.48. The fourth-order valence-corrected chi connectivity index (χ4v) is 3.16. The van der Waals surface area contributed by atoms with Crippen LogP contribution < -0.4 is 10.9 Å². The van der Waals surface area contributed by atoms with Crippen molar-refractivity contribution in [3.05, 3.63) is 57.0 Å². The maximum absolute atomic E-state index is 12.4. The van der Waals surface area contributed by atoms with E-state index in [1.54, 1.807) is 0 Å². The summed E-state index contributed by atoms with van der Waals surface area (Å²) in [7, 11) is 0. The Morgan fingerprint density at radius 3 is 3.00 bits per heavy atom. The fraction of sp³-hybridized carbons (Fsp3) is 0.294. The maximum Gasteiger partial charge on any atom is 0.274 e. The van der Waals surface area contributed by atoms with Crippen LogP contribution in [0.2, 0.25) is 5.02 Å². The van der Waals surface area contributed by atoms with E-state index in [1.807, 2.05) is 31.2 Å². The van der Waals surface area contributed by atoms with Gasteiger partial charge in [-0.25, -0.2) is 4.98 Å². The van der Waals surface area contributed by atoms with Gasteiger partial charge < -0.3 is 0 Å². The van der Waals surface area contributed by atoms with Gasteiger partial charge >= 0.3 is 0 Å². The fourth-order valence-electron chi connectivity index (χ4n) is 2.96. The molecule has 2 aromatic heterocycles. The predicted molar refractivity (Wildman–Crippen MR) is 93.9 cm³/mol. The highest BCUT2D eigenvalue weighted by Gasteiger charge is 2.44. The third kappa shape index (κ3) is 3.02. The number of aromatic nitrogens is 4. The highest BCUT2D eigenvalue weighted by atomic mass is 35.5. The van der Waals surface area contributed by atoms with Crippen molar-refractivity contribution in [2.75, 3.05) is 5.32 Å². The summed E-state index contributed by atoms with van der Waals surface area (Å²) in [4.78, 5) is 32.9. The van der Waals surface area contributed by atoms with Crippen LogP contribution in [0.3, 0.4) is 0 Å². The van der Waals surface area contributed by atoms with Gasteiger partial charge in [-0.05, 0) is 36.5 Å². The topological polar surface area (TPSA) is 92.2 Å². The summed E-state index contributed by atoms with van der Waals surface area (Å²) in [5.74, 6) is 0.382. The van der Waals surface area contributed by atoms with Crippen LogP contribution in [-0.4, -0.2) is 25.5 Å². The standard InChI is InChI=1S/C17H16ClN5O2/c1-2-11-7-14(24)23-17(19-11)21-16(22-23)20-15(25)13-8-12(13)9-4-3-5-10(18)6-9/h3-7,12-13H,2,8H2,1H3,(H2,19,20,21,22,25)/t12-,13+/m0/s1. The van der Waals surface area contributed by atoms with Gasteiger partial charge in [0, 0.05) is 22.7 Å². The number of halogens is 1. The molecule has 0 bridgehead atoms. The van der Waals surface area contributed by atoms with Crippen molar-refractivity contribution in [1.29, 1.82) is 0 Å². The second-order valence-corrected chi connectivity index (χ2v) is 6.58. The van der Waals surface area contributed by atoms with Gasteiger partial charge in [0.25, 0.3) is 11.3 Å². The molecule has 2 atom stereocenters. The van der Waals surface area contributed by atoms with E-state index in [1.165, 1.54) is 10.6 Å². The zero-order chi connectivity index (χ0) is 17.6. The Kier molecular flexibility index (Phi) is 3.80. The number of aromatic amines is 1. The molecule has 0 unspecified atom stereocenters. The van der Waals surface area contributed by atoms with E-state index in [-0.39, 0.29) is 35.0 Å². The maximum atomic E-state index is 12.4. The molecule has 1 saturated carbocycles. The first-order chi connectivity index (χ1) is 12.0. The van der Waals surface area contributed by atoms with Gasteiger partial charge in [0.15, 0.2) is 0 Å². The van der Waals surface area contributed by atoms with Crippen molar-refractivity contribution in [1.82, 2.24) is 19.6 Å². The monoisotopic (exact) mass is 357 g/mol. The molecular weight excluding hydrogens is 342 g/mol. The largest absolute Gasteiger partial charge is 0.295 e. The normalized spacial score (nSPS) is 19.1. The number of carbonyl (C=O) groups excluding carboxylic acids is 1. The third-order valence-electron chi connectivity index (χ3n) is 4.39. The molecule has 4 rings (SSSR count). The average molecular weight is 358 g/mol. The Balaban J connectivity index is 1.51. The van der Waals surface area contributed by atoms with E-state index in [4.69, 9.17) is 11.6 Å². The molecule has 1 aliphatic carbocycles. The van der Waals surface area contributed by atoms with Crippen molar-refractivity contribution in [3.8, 4) is 0 Å². The van der Waals surface area contributed by atoms with Crippen molar-refractivity contribution in [3.63, 3.8) is 0 Å². The van der Waals surface area contributed by atoms with Crippen LogP contribution in [0.1, 0.15) is 30.5 Å². The Morgan fingerprint density at radius 1 is 1.40 bits per heavy atom. The number of amides is 1. The molecule has 8 heteroatoms. The number of hydrogen-bond acceptors (Lipinski definition) is 4. The van der Waals surface area contributed by atoms with Gasteiger partial charge in [0.05, 0.1) is 0 Å². The highest BCUT2D eigenvalue weighted by molar-refractivity contribution is 6.30. The molecule has 3 aromatic rings. The van der Waals surface area contributed by atoms with E-state index >= 15 is 0 Å². The van der Waals surface area contributed by atoms with Gasteiger partial charge in [-0.1, -0.05) is 30.7 Å². The SMILES string of the molecule is CCc1cc(=O)n2[nH]c(NC(=O)[C@@H]3C[C@H]3c3cccc(Cl)c3)nc2n1. The number of hydrogen-bond donors (Lipinski definition) is 2.